The fourth-order valence-electron chi connectivity index (χ4n) is 2.64. The third-order valence-electron chi connectivity index (χ3n) is 3.66. The second kappa shape index (κ2) is 7.79. The molecule has 112 valence electrons. The molecule has 0 radical (unpaired) electrons. The highest BCUT2D eigenvalue weighted by atomic mass is 35.5. The van der Waals surface area contributed by atoms with E-state index >= 15 is 0 Å². The molecule has 0 aromatic heterocycles. The third kappa shape index (κ3) is 4.06. The molecule has 0 aliphatic heterocycles. The van der Waals surface area contributed by atoms with Gasteiger partial charge >= 0.3 is 0 Å². The van der Waals surface area contributed by atoms with Crippen LogP contribution in [0.1, 0.15) is 42.1 Å². The number of nitrogens with two attached hydrogens (primary N) is 1. The highest BCUT2D eigenvalue weighted by molar-refractivity contribution is 7.99. The molecule has 1 aliphatic carbocycles. The van der Waals surface area contributed by atoms with Crippen LogP contribution in [0.4, 0.5) is 5.69 Å². The number of hydrogen-bond donors (Lipinski definition) is 2. The number of nitrogens with one attached hydrogen (secondary N) is 1. The zero-order valence-corrected chi connectivity index (χ0v) is 13.7. The van der Waals surface area contributed by atoms with Crippen LogP contribution in [-0.4, -0.2) is 23.0 Å². The van der Waals surface area contributed by atoms with Gasteiger partial charge in [-0.05, 0) is 43.2 Å². The zero-order chi connectivity index (χ0) is 13.8. The molecule has 3 nitrogen and oxygen atoms in total. The maximum absolute atomic E-state index is 12.3. The number of aryl methyl sites for hydroxylation is 1. The van der Waals surface area contributed by atoms with Crippen LogP contribution in [0.25, 0.3) is 0 Å². The quantitative estimate of drug-likeness (QED) is 0.837. The van der Waals surface area contributed by atoms with E-state index in [-0.39, 0.29) is 18.3 Å². The fraction of sp³-hybridized carbons (Fsp3) is 0.533. The summed E-state index contributed by atoms with van der Waals surface area (Å²) in [5, 5.41) is 3.75. The third-order valence-corrected chi connectivity index (χ3v) is 4.98. The Morgan fingerprint density at radius 2 is 2.20 bits per heavy atom. The summed E-state index contributed by atoms with van der Waals surface area (Å²) in [5.74, 6) is 1.12. The Bertz CT molecular complexity index is 467. The number of rotatable bonds is 4. The van der Waals surface area contributed by atoms with E-state index in [0.29, 0.717) is 22.5 Å². The van der Waals surface area contributed by atoms with Crippen molar-refractivity contribution in [1.29, 1.82) is 0 Å². The summed E-state index contributed by atoms with van der Waals surface area (Å²) in [6.45, 7) is 4.12. The van der Waals surface area contributed by atoms with E-state index in [1.807, 2.05) is 30.8 Å². The molecule has 1 aromatic rings. The molecule has 5 heteroatoms. The van der Waals surface area contributed by atoms with Gasteiger partial charge in [-0.15, -0.1) is 12.4 Å². The summed E-state index contributed by atoms with van der Waals surface area (Å²) in [5.41, 5.74) is 8.08. The molecule has 1 aliphatic rings. The highest BCUT2D eigenvalue weighted by Gasteiger charge is 2.28. The average molecular weight is 315 g/mol. The van der Waals surface area contributed by atoms with E-state index in [1.54, 1.807) is 6.07 Å². The van der Waals surface area contributed by atoms with Gasteiger partial charge in [0.05, 0.1) is 0 Å². The normalized spacial score (nSPS) is 21.3. The predicted octanol–water partition coefficient (Wildman–Crippen LogP) is 3.40. The van der Waals surface area contributed by atoms with Gasteiger partial charge in [0.15, 0.2) is 0 Å². The van der Waals surface area contributed by atoms with Gasteiger partial charge in [-0.25, -0.2) is 0 Å². The first-order valence-electron chi connectivity index (χ1n) is 6.90. The van der Waals surface area contributed by atoms with Crippen LogP contribution in [0.3, 0.4) is 0 Å². The fourth-order valence-corrected chi connectivity index (χ4v) is 3.83. The van der Waals surface area contributed by atoms with E-state index in [1.165, 1.54) is 12.8 Å². The van der Waals surface area contributed by atoms with Crippen molar-refractivity contribution < 1.29 is 4.79 Å². The van der Waals surface area contributed by atoms with Crippen molar-refractivity contribution in [3.63, 3.8) is 0 Å². The zero-order valence-electron chi connectivity index (χ0n) is 12.0. The Kier molecular flexibility index (Phi) is 6.69. The lowest BCUT2D eigenvalue weighted by atomic mass is 10.1. The van der Waals surface area contributed by atoms with Crippen molar-refractivity contribution >= 4 is 35.8 Å². The number of halogens is 1. The lowest BCUT2D eigenvalue weighted by Crippen LogP contribution is -2.39. The highest BCUT2D eigenvalue weighted by Crippen LogP contribution is 2.30. The molecule has 1 fully saturated rings. The van der Waals surface area contributed by atoms with Crippen LogP contribution < -0.4 is 11.1 Å². The minimum absolute atomic E-state index is 0. The number of thioether (sulfide) groups is 1. The average Bonchev–Trinajstić information content (AvgIpc) is 2.80. The largest absolute Gasteiger partial charge is 0.399 e. The van der Waals surface area contributed by atoms with E-state index in [2.05, 4.69) is 12.2 Å². The van der Waals surface area contributed by atoms with E-state index in [9.17, 15) is 4.79 Å². The Morgan fingerprint density at radius 3 is 2.90 bits per heavy atom. The van der Waals surface area contributed by atoms with E-state index < -0.39 is 0 Å². The number of benzene rings is 1. The standard InChI is InChI=1S/C15H22N2OS.ClH/c1-3-19-14-6-4-5-13(14)17-15(18)12-9-11(16)8-7-10(12)2;/h7-9,13-14H,3-6,16H2,1-2H3,(H,17,18);1H. The van der Waals surface area contributed by atoms with Crippen LogP contribution in [-0.2, 0) is 0 Å². The summed E-state index contributed by atoms with van der Waals surface area (Å²) in [7, 11) is 0. The van der Waals surface area contributed by atoms with Crippen molar-refractivity contribution in [2.45, 2.75) is 44.4 Å². The summed E-state index contributed by atoms with van der Waals surface area (Å²) in [6.07, 6.45) is 3.50. The SMILES string of the molecule is CCSC1CCCC1NC(=O)c1cc(N)ccc1C.Cl. The molecule has 2 atom stereocenters. The van der Waals surface area contributed by atoms with Crippen molar-refractivity contribution in [3.05, 3.63) is 29.3 Å². The number of anilines is 1. The molecular weight excluding hydrogens is 292 g/mol. The molecule has 2 rings (SSSR count). The van der Waals surface area contributed by atoms with Gasteiger partial charge in [-0.1, -0.05) is 19.4 Å². The van der Waals surface area contributed by atoms with E-state index in [4.69, 9.17) is 5.73 Å². The van der Waals surface area contributed by atoms with Gasteiger partial charge in [-0.2, -0.15) is 11.8 Å². The van der Waals surface area contributed by atoms with Crippen LogP contribution >= 0.6 is 24.2 Å². The number of nitrogen functional groups attached to an aromatic ring is 1. The molecule has 20 heavy (non-hydrogen) atoms. The number of carbonyl (C=O) groups excluding carboxylic acids is 1. The lowest BCUT2D eigenvalue weighted by molar-refractivity contribution is 0.0938. The maximum Gasteiger partial charge on any atom is 0.251 e. The summed E-state index contributed by atoms with van der Waals surface area (Å²) >= 11 is 1.95. The minimum atomic E-state index is 0. The molecule has 0 bridgehead atoms. The van der Waals surface area contributed by atoms with Crippen molar-refractivity contribution in [1.82, 2.24) is 5.32 Å². The van der Waals surface area contributed by atoms with Gasteiger partial charge in [0.25, 0.3) is 5.91 Å². The first-order chi connectivity index (χ1) is 9.11. The lowest BCUT2D eigenvalue weighted by Gasteiger charge is -2.20. The monoisotopic (exact) mass is 314 g/mol. The van der Waals surface area contributed by atoms with Gasteiger partial charge in [0.2, 0.25) is 0 Å². The Labute approximate surface area is 131 Å². The summed E-state index contributed by atoms with van der Waals surface area (Å²) in [6, 6.07) is 5.80. The van der Waals surface area contributed by atoms with Crippen LogP contribution in [0, 0.1) is 6.92 Å². The predicted molar refractivity (Wildman–Crippen MR) is 89.9 cm³/mol. The van der Waals surface area contributed by atoms with Gasteiger partial charge in [0, 0.05) is 22.5 Å². The molecule has 1 saturated carbocycles. The van der Waals surface area contributed by atoms with Crippen molar-refractivity contribution in [2.24, 2.45) is 0 Å². The molecule has 0 heterocycles. The summed E-state index contributed by atoms with van der Waals surface area (Å²) < 4.78 is 0. The van der Waals surface area contributed by atoms with E-state index in [0.717, 1.165) is 17.7 Å². The second-order valence-corrected chi connectivity index (χ2v) is 6.60. The first-order valence-corrected chi connectivity index (χ1v) is 7.95. The number of amides is 1. The second-order valence-electron chi connectivity index (χ2n) is 5.08. The Morgan fingerprint density at radius 1 is 1.45 bits per heavy atom. The number of carbonyl (C=O) groups is 1. The maximum atomic E-state index is 12.3. The topological polar surface area (TPSA) is 55.1 Å². The molecule has 3 N–H and O–H groups in total. The van der Waals surface area contributed by atoms with Crippen LogP contribution in [0.5, 0.6) is 0 Å². The summed E-state index contributed by atoms with van der Waals surface area (Å²) in [4.78, 5) is 12.3. The van der Waals surface area contributed by atoms with Crippen LogP contribution in [0.15, 0.2) is 18.2 Å². The first kappa shape index (κ1) is 17.2. The molecule has 0 spiro atoms. The number of hydrogen-bond acceptors (Lipinski definition) is 3. The molecular formula is C15H23ClN2OS. The smallest absolute Gasteiger partial charge is 0.251 e. The minimum Gasteiger partial charge on any atom is -0.399 e. The molecule has 1 amide bonds. The molecule has 2 unspecified atom stereocenters. The van der Waals surface area contributed by atoms with Gasteiger partial charge in [-0.3, -0.25) is 4.79 Å². The van der Waals surface area contributed by atoms with Gasteiger partial charge < -0.3 is 11.1 Å². The van der Waals surface area contributed by atoms with Crippen molar-refractivity contribution in [3.8, 4) is 0 Å². The molecule has 0 saturated heterocycles. The van der Waals surface area contributed by atoms with Gasteiger partial charge in [0.1, 0.15) is 0 Å². The van der Waals surface area contributed by atoms with Crippen molar-refractivity contribution in [2.75, 3.05) is 11.5 Å². The molecule has 1 aromatic carbocycles. The Balaban J connectivity index is 0.00000200. The van der Waals surface area contributed by atoms with Crippen LogP contribution in [0.2, 0.25) is 0 Å². The Hall–Kier alpha value is -0.870.